The van der Waals surface area contributed by atoms with Crippen molar-refractivity contribution in [2.75, 3.05) is 0 Å². The molecule has 0 amide bonds. The summed E-state index contributed by atoms with van der Waals surface area (Å²) in [7, 11) is -1.49. The third kappa shape index (κ3) is 3.74. The van der Waals surface area contributed by atoms with Gasteiger partial charge in [-0.25, -0.2) is 0 Å². The second-order valence-corrected chi connectivity index (χ2v) is 11.0. The van der Waals surface area contributed by atoms with Gasteiger partial charge < -0.3 is 4.43 Å². The van der Waals surface area contributed by atoms with E-state index in [9.17, 15) is 0 Å². The Bertz CT molecular complexity index is 347. The highest BCUT2D eigenvalue weighted by molar-refractivity contribution is 6.70. The van der Waals surface area contributed by atoms with Crippen LogP contribution in [0.1, 0.15) is 47.0 Å². The SMILES string of the molecule is CCC(C)C1=CCC(O[Si](C)(C)C)=C1C(C)CC. The number of hydrogen-bond acceptors (Lipinski definition) is 1. The third-order valence-electron chi connectivity index (χ3n) is 3.80. The molecule has 0 radical (unpaired) electrons. The minimum Gasteiger partial charge on any atom is -0.547 e. The van der Waals surface area contributed by atoms with Crippen molar-refractivity contribution >= 4 is 8.32 Å². The van der Waals surface area contributed by atoms with Crippen molar-refractivity contribution in [3.8, 4) is 0 Å². The molecule has 2 atom stereocenters. The average molecular weight is 267 g/mol. The minimum absolute atomic E-state index is 0.624. The third-order valence-corrected chi connectivity index (χ3v) is 4.66. The Morgan fingerprint density at radius 2 is 1.67 bits per heavy atom. The van der Waals surface area contributed by atoms with E-state index >= 15 is 0 Å². The molecule has 0 aromatic carbocycles. The van der Waals surface area contributed by atoms with Gasteiger partial charge in [0.05, 0.1) is 5.76 Å². The minimum atomic E-state index is -1.49. The van der Waals surface area contributed by atoms with Gasteiger partial charge in [0.1, 0.15) is 0 Å². The summed E-state index contributed by atoms with van der Waals surface area (Å²) in [5.74, 6) is 2.56. The summed E-state index contributed by atoms with van der Waals surface area (Å²) in [6.07, 6.45) is 5.84. The van der Waals surface area contributed by atoms with Crippen molar-refractivity contribution in [3.05, 3.63) is 23.0 Å². The van der Waals surface area contributed by atoms with Gasteiger partial charge in [-0.3, -0.25) is 0 Å². The smallest absolute Gasteiger partial charge is 0.241 e. The van der Waals surface area contributed by atoms with E-state index in [1.807, 2.05) is 0 Å². The lowest BCUT2D eigenvalue weighted by Gasteiger charge is -2.26. The van der Waals surface area contributed by atoms with Crippen molar-refractivity contribution in [2.24, 2.45) is 11.8 Å². The number of allylic oxidation sites excluding steroid dienone is 3. The van der Waals surface area contributed by atoms with E-state index in [-0.39, 0.29) is 0 Å². The van der Waals surface area contributed by atoms with Crippen LogP contribution in [0.15, 0.2) is 23.0 Å². The zero-order valence-electron chi connectivity index (χ0n) is 13.3. The van der Waals surface area contributed by atoms with Gasteiger partial charge in [0.2, 0.25) is 8.32 Å². The zero-order chi connectivity index (χ0) is 13.9. The molecule has 2 heteroatoms. The van der Waals surface area contributed by atoms with Gasteiger partial charge >= 0.3 is 0 Å². The Morgan fingerprint density at radius 1 is 1.11 bits per heavy atom. The Kier molecular flexibility index (Phi) is 5.27. The van der Waals surface area contributed by atoms with E-state index in [1.54, 1.807) is 5.57 Å². The molecule has 0 aliphatic heterocycles. The van der Waals surface area contributed by atoms with Crippen molar-refractivity contribution < 1.29 is 4.43 Å². The van der Waals surface area contributed by atoms with Crippen LogP contribution >= 0.6 is 0 Å². The molecular weight excluding hydrogens is 236 g/mol. The van der Waals surface area contributed by atoms with Crippen molar-refractivity contribution in [2.45, 2.75) is 66.6 Å². The van der Waals surface area contributed by atoms with Gasteiger partial charge in [0.25, 0.3) is 0 Å². The topological polar surface area (TPSA) is 9.23 Å². The lowest BCUT2D eigenvalue weighted by Crippen LogP contribution is -2.25. The summed E-state index contributed by atoms with van der Waals surface area (Å²) >= 11 is 0. The molecule has 1 aliphatic carbocycles. The second kappa shape index (κ2) is 6.09. The normalized spacial score (nSPS) is 19.8. The molecule has 1 nitrogen and oxygen atoms in total. The van der Waals surface area contributed by atoms with Gasteiger partial charge in [0.15, 0.2) is 0 Å². The monoisotopic (exact) mass is 266 g/mol. The van der Waals surface area contributed by atoms with Gasteiger partial charge in [-0.15, -0.1) is 0 Å². The van der Waals surface area contributed by atoms with Gasteiger partial charge in [-0.2, -0.15) is 0 Å². The lowest BCUT2D eigenvalue weighted by molar-refractivity contribution is 0.400. The van der Waals surface area contributed by atoms with Crippen LogP contribution in [0.25, 0.3) is 0 Å². The molecule has 0 spiro atoms. The first-order valence-electron chi connectivity index (χ1n) is 7.42. The van der Waals surface area contributed by atoms with Gasteiger partial charge in [-0.1, -0.05) is 33.8 Å². The maximum absolute atomic E-state index is 6.33. The van der Waals surface area contributed by atoms with Crippen LogP contribution in [0.3, 0.4) is 0 Å². The molecule has 1 aliphatic rings. The predicted molar refractivity (Wildman–Crippen MR) is 83.1 cm³/mol. The van der Waals surface area contributed by atoms with E-state index in [2.05, 4.69) is 53.4 Å². The van der Waals surface area contributed by atoms with Crippen LogP contribution in [0.2, 0.25) is 19.6 Å². The van der Waals surface area contributed by atoms with E-state index in [4.69, 9.17) is 4.43 Å². The Balaban J connectivity index is 3.04. The van der Waals surface area contributed by atoms with Gasteiger partial charge in [0, 0.05) is 6.42 Å². The molecular formula is C16H30OSi. The summed E-state index contributed by atoms with van der Waals surface area (Å²) in [6.45, 7) is 16.0. The van der Waals surface area contributed by atoms with Crippen molar-refractivity contribution in [1.82, 2.24) is 0 Å². The van der Waals surface area contributed by atoms with Crippen LogP contribution in [0.5, 0.6) is 0 Å². The molecule has 18 heavy (non-hydrogen) atoms. The maximum Gasteiger partial charge on any atom is 0.241 e. The van der Waals surface area contributed by atoms with Crippen molar-refractivity contribution in [3.63, 3.8) is 0 Å². The zero-order valence-corrected chi connectivity index (χ0v) is 14.3. The van der Waals surface area contributed by atoms with E-state index < -0.39 is 8.32 Å². The Morgan fingerprint density at radius 3 is 2.11 bits per heavy atom. The fourth-order valence-corrected chi connectivity index (χ4v) is 3.43. The number of rotatable bonds is 6. The summed E-state index contributed by atoms with van der Waals surface area (Å²) < 4.78 is 6.33. The first-order valence-corrected chi connectivity index (χ1v) is 10.8. The quantitative estimate of drug-likeness (QED) is 0.576. The second-order valence-electron chi connectivity index (χ2n) is 6.53. The Hall–Kier alpha value is -0.503. The van der Waals surface area contributed by atoms with E-state index in [0.29, 0.717) is 11.8 Å². The Labute approximate surface area is 114 Å². The fraction of sp³-hybridized carbons (Fsp3) is 0.750. The molecule has 104 valence electrons. The molecule has 0 saturated heterocycles. The van der Waals surface area contributed by atoms with E-state index in [0.717, 1.165) is 6.42 Å². The van der Waals surface area contributed by atoms with Crippen LogP contribution in [0, 0.1) is 11.8 Å². The average Bonchev–Trinajstić information content (AvgIpc) is 2.68. The van der Waals surface area contributed by atoms with Crippen LogP contribution < -0.4 is 0 Å². The molecule has 0 aromatic rings. The molecule has 0 bridgehead atoms. The molecule has 0 N–H and O–H groups in total. The lowest BCUT2D eigenvalue weighted by atomic mass is 9.86. The van der Waals surface area contributed by atoms with E-state index in [1.165, 1.54) is 24.2 Å². The summed E-state index contributed by atoms with van der Waals surface area (Å²) in [4.78, 5) is 0. The highest BCUT2D eigenvalue weighted by atomic mass is 28.4. The van der Waals surface area contributed by atoms with Crippen LogP contribution in [-0.2, 0) is 4.43 Å². The summed E-state index contributed by atoms with van der Waals surface area (Å²) in [6, 6.07) is 0. The predicted octanol–water partition coefficient (Wildman–Crippen LogP) is 5.51. The first-order chi connectivity index (χ1) is 8.30. The van der Waals surface area contributed by atoms with Crippen LogP contribution in [0.4, 0.5) is 0 Å². The molecule has 2 unspecified atom stereocenters. The van der Waals surface area contributed by atoms with Crippen molar-refractivity contribution in [1.29, 1.82) is 0 Å². The molecule has 0 aromatic heterocycles. The summed E-state index contributed by atoms with van der Waals surface area (Å²) in [5.41, 5.74) is 3.08. The maximum atomic E-state index is 6.33. The molecule has 0 heterocycles. The number of hydrogen-bond donors (Lipinski definition) is 0. The summed E-state index contributed by atoms with van der Waals surface area (Å²) in [5, 5.41) is 0. The molecule has 0 fully saturated rings. The van der Waals surface area contributed by atoms with Crippen LogP contribution in [-0.4, -0.2) is 8.32 Å². The largest absolute Gasteiger partial charge is 0.547 e. The standard InChI is InChI=1S/C16H30OSi/c1-8-12(3)14-10-11-15(17-18(5,6)7)16(14)13(4)9-2/h10,12-13H,8-9,11H2,1-7H3. The first kappa shape index (κ1) is 15.6. The highest BCUT2D eigenvalue weighted by Crippen LogP contribution is 2.39. The fourth-order valence-electron chi connectivity index (χ4n) is 2.50. The molecule has 1 rings (SSSR count). The van der Waals surface area contributed by atoms with Gasteiger partial charge in [-0.05, 0) is 55.5 Å². The molecule has 0 saturated carbocycles. The highest BCUT2D eigenvalue weighted by Gasteiger charge is 2.28.